The standard InChI is InChI=1S/C27H21N5O4/c1-29-26(34)18-9-12-23(36-2)22(14-18)31-32-24-20-6-4-3-5-17(20)13-21(25(24)33)27(35)30-19-10-7-16(15-28)8-11-19/h3-14,33H,1-2H3,(H,29,34)(H,30,35)/b32-31+. The van der Waals surface area contributed by atoms with Gasteiger partial charge in [0.2, 0.25) is 0 Å². The van der Waals surface area contributed by atoms with E-state index in [0.29, 0.717) is 33.3 Å². The number of aromatic hydroxyl groups is 1. The van der Waals surface area contributed by atoms with Crippen molar-refractivity contribution in [3.05, 3.63) is 89.5 Å². The summed E-state index contributed by atoms with van der Waals surface area (Å²) in [7, 11) is 2.99. The minimum atomic E-state index is -0.557. The number of nitrogens with zero attached hydrogens (tertiary/aromatic N) is 3. The Kier molecular flexibility index (Phi) is 6.88. The third-order valence-corrected chi connectivity index (χ3v) is 5.44. The fourth-order valence-corrected chi connectivity index (χ4v) is 3.58. The highest BCUT2D eigenvalue weighted by Gasteiger charge is 2.19. The second-order valence-electron chi connectivity index (χ2n) is 7.65. The maximum absolute atomic E-state index is 13.0. The third-order valence-electron chi connectivity index (χ3n) is 5.44. The van der Waals surface area contributed by atoms with Crippen LogP contribution in [0, 0.1) is 11.3 Å². The second-order valence-corrected chi connectivity index (χ2v) is 7.65. The fourth-order valence-electron chi connectivity index (χ4n) is 3.58. The number of azo groups is 1. The summed E-state index contributed by atoms with van der Waals surface area (Å²) in [5.41, 5.74) is 1.64. The molecular formula is C27H21N5O4. The summed E-state index contributed by atoms with van der Waals surface area (Å²) >= 11 is 0. The normalized spacial score (nSPS) is 10.7. The molecule has 9 heteroatoms. The number of anilines is 1. The molecule has 0 fully saturated rings. The second kappa shape index (κ2) is 10.4. The average Bonchev–Trinajstić information content (AvgIpc) is 2.92. The summed E-state index contributed by atoms with van der Waals surface area (Å²) in [4.78, 5) is 25.1. The third kappa shape index (κ3) is 4.83. The molecule has 0 aliphatic heterocycles. The molecule has 0 spiro atoms. The molecule has 0 atom stereocenters. The Bertz CT molecular complexity index is 1540. The van der Waals surface area contributed by atoms with E-state index in [1.807, 2.05) is 6.07 Å². The maximum atomic E-state index is 13.0. The van der Waals surface area contributed by atoms with Crippen LogP contribution in [0.25, 0.3) is 10.8 Å². The number of hydrogen-bond acceptors (Lipinski definition) is 7. The van der Waals surface area contributed by atoms with Crippen LogP contribution in [0.4, 0.5) is 17.1 Å². The van der Waals surface area contributed by atoms with Crippen molar-refractivity contribution in [2.75, 3.05) is 19.5 Å². The predicted molar refractivity (Wildman–Crippen MR) is 135 cm³/mol. The first-order valence-electron chi connectivity index (χ1n) is 10.8. The first-order valence-corrected chi connectivity index (χ1v) is 10.8. The van der Waals surface area contributed by atoms with Gasteiger partial charge in [0.05, 0.1) is 24.3 Å². The molecule has 0 saturated carbocycles. The van der Waals surface area contributed by atoms with Gasteiger partial charge < -0.3 is 20.5 Å². The van der Waals surface area contributed by atoms with E-state index in [2.05, 4.69) is 20.9 Å². The van der Waals surface area contributed by atoms with E-state index >= 15 is 0 Å². The lowest BCUT2D eigenvalue weighted by Crippen LogP contribution is -2.17. The highest BCUT2D eigenvalue weighted by Crippen LogP contribution is 2.40. The zero-order valence-corrected chi connectivity index (χ0v) is 19.4. The number of phenolic OH excluding ortho intramolecular Hbond substituents is 1. The molecule has 4 rings (SSSR count). The Hall–Kier alpha value is -5.23. The fraction of sp³-hybridized carbons (Fsp3) is 0.0741. The van der Waals surface area contributed by atoms with Crippen molar-refractivity contribution in [1.29, 1.82) is 5.26 Å². The monoisotopic (exact) mass is 479 g/mol. The Morgan fingerprint density at radius 2 is 1.72 bits per heavy atom. The van der Waals surface area contributed by atoms with Crippen molar-refractivity contribution >= 4 is 39.6 Å². The van der Waals surface area contributed by atoms with Gasteiger partial charge in [-0.05, 0) is 53.9 Å². The minimum absolute atomic E-state index is 0.00177. The molecule has 0 aliphatic rings. The molecule has 0 heterocycles. The Labute approximate surface area is 206 Å². The first kappa shape index (κ1) is 23.9. The SMILES string of the molecule is CNC(=O)c1ccc(OC)c(/N=N/c2c(O)c(C(=O)Nc3ccc(C#N)cc3)cc3ccccc23)c1. The largest absolute Gasteiger partial charge is 0.505 e. The van der Waals surface area contributed by atoms with Crippen molar-refractivity contribution in [2.24, 2.45) is 10.2 Å². The van der Waals surface area contributed by atoms with E-state index in [4.69, 9.17) is 10.00 Å². The van der Waals surface area contributed by atoms with Crippen LogP contribution in [0.2, 0.25) is 0 Å². The highest BCUT2D eigenvalue weighted by molar-refractivity contribution is 6.11. The minimum Gasteiger partial charge on any atom is -0.505 e. The molecule has 0 aliphatic carbocycles. The molecule has 0 bridgehead atoms. The number of fused-ring (bicyclic) bond motifs is 1. The number of rotatable bonds is 6. The van der Waals surface area contributed by atoms with Gasteiger partial charge in [-0.15, -0.1) is 10.2 Å². The molecular weight excluding hydrogens is 458 g/mol. The molecule has 36 heavy (non-hydrogen) atoms. The summed E-state index contributed by atoms with van der Waals surface area (Å²) in [6.45, 7) is 0. The van der Waals surface area contributed by atoms with Crippen molar-refractivity contribution in [3.8, 4) is 17.6 Å². The molecule has 0 saturated heterocycles. The zero-order valence-electron chi connectivity index (χ0n) is 19.4. The zero-order chi connectivity index (χ0) is 25.7. The van der Waals surface area contributed by atoms with Gasteiger partial charge in [0.25, 0.3) is 11.8 Å². The summed E-state index contributed by atoms with van der Waals surface area (Å²) < 4.78 is 5.33. The van der Waals surface area contributed by atoms with Gasteiger partial charge in [-0.2, -0.15) is 5.26 Å². The van der Waals surface area contributed by atoms with Gasteiger partial charge >= 0.3 is 0 Å². The Balaban J connectivity index is 1.77. The predicted octanol–water partition coefficient (Wildman–Crippen LogP) is 5.45. The number of ether oxygens (including phenoxy) is 1. The number of amides is 2. The van der Waals surface area contributed by atoms with Gasteiger partial charge in [0, 0.05) is 23.7 Å². The van der Waals surface area contributed by atoms with E-state index < -0.39 is 5.91 Å². The van der Waals surface area contributed by atoms with Crippen molar-refractivity contribution in [1.82, 2.24) is 5.32 Å². The van der Waals surface area contributed by atoms with E-state index in [1.165, 1.54) is 20.2 Å². The number of carbonyl (C=O) groups is 2. The van der Waals surface area contributed by atoms with Gasteiger partial charge in [-0.1, -0.05) is 24.3 Å². The number of benzene rings is 4. The number of methoxy groups -OCH3 is 1. The summed E-state index contributed by atoms with van der Waals surface area (Å²) in [6, 6.07) is 21.8. The Morgan fingerprint density at radius 1 is 0.972 bits per heavy atom. The topological polar surface area (TPSA) is 136 Å². The van der Waals surface area contributed by atoms with Crippen LogP contribution < -0.4 is 15.4 Å². The maximum Gasteiger partial charge on any atom is 0.259 e. The molecule has 0 unspecified atom stereocenters. The smallest absolute Gasteiger partial charge is 0.259 e. The number of phenols is 1. The lowest BCUT2D eigenvalue weighted by molar-refractivity contribution is 0.0962. The number of carbonyl (C=O) groups excluding carboxylic acids is 2. The number of hydrogen-bond donors (Lipinski definition) is 3. The molecule has 3 N–H and O–H groups in total. The lowest BCUT2D eigenvalue weighted by atomic mass is 10.0. The van der Waals surface area contributed by atoms with Gasteiger partial charge in [-0.3, -0.25) is 9.59 Å². The van der Waals surface area contributed by atoms with Crippen LogP contribution in [0.15, 0.2) is 83.0 Å². The van der Waals surface area contributed by atoms with Gasteiger partial charge in [0.1, 0.15) is 17.1 Å². The molecule has 4 aromatic rings. The first-order chi connectivity index (χ1) is 17.4. The average molecular weight is 479 g/mol. The van der Waals surface area contributed by atoms with Crippen LogP contribution in [0.1, 0.15) is 26.3 Å². The van der Waals surface area contributed by atoms with E-state index in [9.17, 15) is 14.7 Å². The molecule has 0 aromatic heterocycles. The molecule has 178 valence electrons. The van der Waals surface area contributed by atoms with Gasteiger partial charge in [-0.25, -0.2) is 0 Å². The number of nitrogens with one attached hydrogen (secondary N) is 2. The van der Waals surface area contributed by atoms with E-state index in [-0.39, 0.29) is 28.6 Å². The molecule has 9 nitrogen and oxygen atoms in total. The van der Waals surface area contributed by atoms with E-state index in [0.717, 1.165) is 0 Å². The van der Waals surface area contributed by atoms with Crippen LogP contribution in [-0.2, 0) is 0 Å². The quantitative estimate of drug-likeness (QED) is 0.316. The highest BCUT2D eigenvalue weighted by atomic mass is 16.5. The molecule has 0 radical (unpaired) electrons. The molecule has 4 aromatic carbocycles. The molecule has 2 amide bonds. The Morgan fingerprint density at radius 3 is 2.42 bits per heavy atom. The summed E-state index contributed by atoms with van der Waals surface area (Å²) in [5, 5.41) is 35.0. The van der Waals surface area contributed by atoms with Gasteiger partial charge in [0.15, 0.2) is 5.75 Å². The van der Waals surface area contributed by atoms with E-state index in [1.54, 1.807) is 66.7 Å². The van der Waals surface area contributed by atoms with Crippen LogP contribution >= 0.6 is 0 Å². The van der Waals surface area contributed by atoms with Crippen molar-refractivity contribution in [3.63, 3.8) is 0 Å². The van der Waals surface area contributed by atoms with Crippen molar-refractivity contribution in [2.45, 2.75) is 0 Å². The summed E-state index contributed by atoms with van der Waals surface area (Å²) in [6.07, 6.45) is 0. The van der Waals surface area contributed by atoms with Crippen LogP contribution in [0.3, 0.4) is 0 Å². The van der Waals surface area contributed by atoms with Crippen LogP contribution in [0.5, 0.6) is 11.5 Å². The lowest BCUT2D eigenvalue weighted by Gasteiger charge is -2.11. The summed E-state index contributed by atoms with van der Waals surface area (Å²) in [5.74, 6) is -0.836. The van der Waals surface area contributed by atoms with Crippen LogP contribution in [-0.4, -0.2) is 31.1 Å². The van der Waals surface area contributed by atoms with Crippen molar-refractivity contribution < 1.29 is 19.4 Å². The number of nitriles is 1.